The highest BCUT2D eigenvalue weighted by Gasteiger charge is 2.00. The van der Waals surface area contributed by atoms with E-state index in [1.54, 1.807) is 0 Å². The number of hydrogen-bond donors (Lipinski definition) is 1. The van der Waals surface area contributed by atoms with Crippen LogP contribution in [0.4, 0.5) is 0 Å². The standard InChI is InChI=1S/C8H9N3/c1-5-3-7-8(9-4-5)6(2)10-11-7/h3-4H,1-2H3,(H,10,11). The largest absolute Gasteiger partial charge is 0.280 e. The van der Waals surface area contributed by atoms with Gasteiger partial charge in [-0.05, 0) is 25.5 Å². The molecule has 56 valence electrons. The lowest BCUT2D eigenvalue weighted by Crippen LogP contribution is -1.78. The molecule has 0 fully saturated rings. The van der Waals surface area contributed by atoms with Crippen LogP contribution in [0.25, 0.3) is 11.0 Å². The highest BCUT2D eigenvalue weighted by Crippen LogP contribution is 2.12. The van der Waals surface area contributed by atoms with Gasteiger partial charge in [0, 0.05) is 6.20 Å². The minimum absolute atomic E-state index is 0.947. The van der Waals surface area contributed by atoms with Crippen LogP contribution in [0.3, 0.4) is 0 Å². The Bertz CT molecular complexity index is 389. The van der Waals surface area contributed by atoms with Crippen LogP contribution in [0.1, 0.15) is 11.3 Å². The molecule has 0 unspecified atom stereocenters. The van der Waals surface area contributed by atoms with E-state index in [0.29, 0.717) is 0 Å². The monoisotopic (exact) mass is 147 g/mol. The highest BCUT2D eigenvalue weighted by molar-refractivity contribution is 5.76. The van der Waals surface area contributed by atoms with Crippen LogP contribution in [0.2, 0.25) is 0 Å². The maximum atomic E-state index is 4.25. The lowest BCUT2D eigenvalue weighted by atomic mass is 10.2. The van der Waals surface area contributed by atoms with E-state index in [1.165, 1.54) is 0 Å². The van der Waals surface area contributed by atoms with Gasteiger partial charge in [0.2, 0.25) is 0 Å². The van der Waals surface area contributed by atoms with E-state index in [-0.39, 0.29) is 0 Å². The van der Waals surface area contributed by atoms with E-state index in [1.807, 2.05) is 26.1 Å². The van der Waals surface area contributed by atoms with Crippen molar-refractivity contribution in [2.45, 2.75) is 13.8 Å². The molecular formula is C8H9N3. The lowest BCUT2D eigenvalue weighted by molar-refractivity contribution is 1.07. The van der Waals surface area contributed by atoms with Gasteiger partial charge in [0.05, 0.1) is 5.69 Å². The van der Waals surface area contributed by atoms with Gasteiger partial charge < -0.3 is 0 Å². The summed E-state index contributed by atoms with van der Waals surface area (Å²) in [6.07, 6.45) is 1.85. The minimum Gasteiger partial charge on any atom is -0.280 e. The highest BCUT2D eigenvalue weighted by atomic mass is 15.1. The Morgan fingerprint density at radius 3 is 3.00 bits per heavy atom. The summed E-state index contributed by atoms with van der Waals surface area (Å²) in [6.45, 7) is 3.98. The third-order valence-electron chi connectivity index (χ3n) is 1.70. The van der Waals surface area contributed by atoms with Gasteiger partial charge in [-0.2, -0.15) is 5.10 Å². The first-order valence-corrected chi connectivity index (χ1v) is 3.55. The van der Waals surface area contributed by atoms with Crippen LogP contribution in [0.5, 0.6) is 0 Å². The number of pyridine rings is 1. The Kier molecular flexibility index (Phi) is 1.18. The van der Waals surface area contributed by atoms with Crippen LogP contribution in [0, 0.1) is 13.8 Å². The maximum absolute atomic E-state index is 4.25. The number of H-pyrrole nitrogens is 1. The van der Waals surface area contributed by atoms with Crippen molar-refractivity contribution in [3.05, 3.63) is 23.5 Å². The summed E-state index contributed by atoms with van der Waals surface area (Å²) < 4.78 is 0. The Balaban J connectivity index is 2.86. The average molecular weight is 147 g/mol. The van der Waals surface area contributed by atoms with Gasteiger partial charge in [-0.3, -0.25) is 10.1 Å². The number of aromatic amines is 1. The normalized spacial score (nSPS) is 10.7. The van der Waals surface area contributed by atoms with Crippen molar-refractivity contribution in [1.82, 2.24) is 15.2 Å². The predicted molar refractivity (Wildman–Crippen MR) is 43.4 cm³/mol. The zero-order valence-electron chi connectivity index (χ0n) is 6.55. The average Bonchev–Trinajstić information content (AvgIpc) is 2.32. The summed E-state index contributed by atoms with van der Waals surface area (Å²) in [7, 11) is 0. The molecule has 0 amide bonds. The van der Waals surface area contributed by atoms with E-state index in [2.05, 4.69) is 15.2 Å². The lowest BCUT2D eigenvalue weighted by Gasteiger charge is -1.89. The fourth-order valence-electron chi connectivity index (χ4n) is 1.12. The molecule has 3 heteroatoms. The second-order valence-corrected chi connectivity index (χ2v) is 2.73. The smallest absolute Gasteiger partial charge is 0.111 e. The van der Waals surface area contributed by atoms with Gasteiger partial charge in [0.25, 0.3) is 0 Å². The molecular weight excluding hydrogens is 138 g/mol. The number of aromatic nitrogens is 3. The third kappa shape index (κ3) is 0.888. The number of fused-ring (bicyclic) bond motifs is 1. The quantitative estimate of drug-likeness (QED) is 0.614. The number of nitrogens with one attached hydrogen (secondary N) is 1. The van der Waals surface area contributed by atoms with Gasteiger partial charge >= 0.3 is 0 Å². The maximum Gasteiger partial charge on any atom is 0.111 e. The van der Waals surface area contributed by atoms with Gasteiger partial charge in [-0.25, -0.2) is 0 Å². The molecule has 2 aromatic heterocycles. The van der Waals surface area contributed by atoms with Crippen molar-refractivity contribution in [2.24, 2.45) is 0 Å². The number of rotatable bonds is 0. The second-order valence-electron chi connectivity index (χ2n) is 2.73. The Labute approximate surface area is 64.5 Å². The molecule has 0 atom stereocenters. The molecule has 0 aromatic carbocycles. The number of nitrogens with zero attached hydrogens (tertiary/aromatic N) is 2. The summed E-state index contributed by atoms with van der Waals surface area (Å²) in [5.74, 6) is 0. The molecule has 0 radical (unpaired) electrons. The van der Waals surface area contributed by atoms with Gasteiger partial charge in [-0.1, -0.05) is 0 Å². The SMILES string of the molecule is Cc1cnc2c(C)[nH]nc2c1. The molecule has 2 aromatic rings. The molecule has 3 nitrogen and oxygen atoms in total. The Morgan fingerprint density at radius 1 is 1.36 bits per heavy atom. The summed E-state index contributed by atoms with van der Waals surface area (Å²) in [5, 5.41) is 6.98. The molecule has 2 heterocycles. The van der Waals surface area contributed by atoms with Crippen molar-refractivity contribution >= 4 is 11.0 Å². The topological polar surface area (TPSA) is 41.6 Å². The predicted octanol–water partition coefficient (Wildman–Crippen LogP) is 1.57. The van der Waals surface area contributed by atoms with E-state index < -0.39 is 0 Å². The molecule has 0 saturated carbocycles. The first kappa shape index (κ1) is 6.34. The molecule has 0 aliphatic rings. The van der Waals surface area contributed by atoms with Crippen LogP contribution in [-0.4, -0.2) is 15.2 Å². The Hall–Kier alpha value is -1.38. The van der Waals surface area contributed by atoms with Crippen LogP contribution >= 0.6 is 0 Å². The summed E-state index contributed by atoms with van der Waals surface area (Å²) >= 11 is 0. The molecule has 0 spiro atoms. The summed E-state index contributed by atoms with van der Waals surface area (Å²) in [6, 6.07) is 2.02. The minimum atomic E-state index is 0.947. The zero-order chi connectivity index (χ0) is 7.84. The van der Waals surface area contributed by atoms with Crippen molar-refractivity contribution < 1.29 is 0 Å². The zero-order valence-corrected chi connectivity index (χ0v) is 6.55. The van der Waals surface area contributed by atoms with Crippen LogP contribution in [0.15, 0.2) is 12.3 Å². The van der Waals surface area contributed by atoms with E-state index in [9.17, 15) is 0 Å². The number of hydrogen-bond acceptors (Lipinski definition) is 2. The van der Waals surface area contributed by atoms with Gasteiger partial charge in [0.1, 0.15) is 11.0 Å². The molecule has 0 bridgehead atoms. The van der Waals surface area contributed by atoms with E-state index in [4.69, 9.17) is 0 Å². The third-order valence-corrected chi connectivity index (χ3v) is 1.70. The van der Waals surface area contributed by atoms with E-state index in [0.717, 1.165) is 22.3 Å². The molecule has 0 aliphatic heterocycles. The molecule has 1 N–H and O–H groups in total. The summed E-state index contributed by atoms with van der Waals surface area (Å²) in [4.78, 5) is 4.25. The molecule has 11 heavy (non-hydrogen) atoms. The fraction of sp³-hybridized carbons (Fsp3) is 0.250. The van der Waals surface area contributed by atoms with Crippen molar-refractivity contribution in [3.63, 3.8) is 0 Å². The summed E-state index contributed by atoms with van der Waals surface area (Å²) in [5.41, 5.74) is 4.09. The Morgan fingerprint density at radius 2 is 2.18 bits per heavy atom. The van der Waals surface area contributed by atoms with Crippen LogP contribution in [-0.2, 0) is 0 Å². The first-order valence-electron chi connectivity index (χ1n) is 3.55. The molecule has 0 aliphatic carbocycles. The van der Waals surface area contributed by atoms with Crippen molar-refractivity contribution in [1.29, 1.82) is 0 Å². The molecule has 2 rings (SSSR count). The van der Waals surface area contributed by atoms with Crippen LogP contribution < -0.4 is 0 Å². The van der Waals surface area contributed by atoms with Crippen molar-refractivity contribution in [2.75, 3.05) is 0 Å². The fourth-order valence-corrected chi connectivity index (χ4v) is 1.12. The van der Waals surface area contributed by atoms with Gasteiger partial charge in [0.15, 0.2) is 0 Å². The molecule has 0 saturated heterocycles. The van der Waals surface area contributed by atoms with E-state index >= 15 is 0 Å². The number of aryl methyl sites for hydroxylation is 2. The van der Waals surface area contributed by atoms with Gasteiger partial charge in [-0.15, -0.1) is 0 Å². The second kappa shape index (κ2) is 2.05. The van der Waals surface area contributed by atoms with Crippen molar-refractivity contribution in [3.8, 4) is 0 Å². The first-order chi connectivity index (χ1) is 5.27.